The van der Waals surface area contributed by atoms with Crippen molar-refractivity contribution < 1.29 is 92.5 Å². The maximum atomic E-state index is 8.06. The molecule has 4 heteroatoms. The maximum absolute atomic E-state index is 8.06. The van der Waals surface area contributed by atoms with Gasteiger partial charge in [0.25, 0.3) is 0 Å². The SMILES string of the molecule is [Ce].[H-].[Na+].[O]=[Mn]. The second-order valence-electron chi connectivity index (χ2n) is 0. The van der Waals surface area contributed by atoms with E-state index in [1.165, 1.54) is 0 Å². The van der Waals surface area contributed by atoms with Gasteiger partial charge in [0.05, 0.1) is 0 Å². The van der Waals surface area contributed by atoms with Crippen molar-refractivity contribution in [1.82, 2.24) is 0 Å². The van der Waals surface area contributed by atoms with Crippen LogP contribution in [0.3, 0.4) is 0 Å². The molecule has 0 aliphatic rings. The topological polar surface area (TPSA) is 17.1 Å². The molecule has 0 saturated heterocycles. The third-order valence-corrected chi connectivity index (χ3v) is 0. The zero-order valence-corrected chi connectivity index (χ0v) is 8.61. The Morgan fingerprint density at radius 1 is 1.50 bits per heavy atom. The van der Waals surface area contributed by atoms with Gasteiger partial charge in [-0.15, -0.1) is 0 Å². The van der Waals surface area contributed by atoms with Gasteiger partial charge in [-0.3, -0.25) is 0 Å². The molecular weight excluding hydrogens is 234 g/mol. The summed E-state index contributed by atoms with van der Waals surface area (Å²) in [4.78, 5) is 0. The predicted octanol–water partition coefficient (Wildman–Crippen LogP) is -3.00. The molecule has 0 aromatic carbocycles. The van der Waals surface area contributed by atoms with Gasteiger partial charge in [-0.1, -0.05) is 0 Å². The van der Waals surface area contributed by atoms with Crippen molar-refractivity contribution in [2.75, 3.05) is 0 Å². The van der Waals surface area contributed by atoms with Crippen LogP contribution in [0.2, 0.25) is 0 Å². The van der Waals surface area contributed by atoms with Crippen molar-refractivity contribution in [1.29, 1.82) is 0 Å². The average molecular weight is 235 g/mol. The van der Waals surface area contributed by atoms with Crippen LogP contribution in [0.25, 0.3) is 0 Å². The van der Waals surface area contributed by atoms with E-state index in [0.29, 0.717) is 0 Å². The molecule has 0 atom stereocenters. The van der Waals surface area contributed by atoms with E-state index < -0.39 is 0 Å². The molecule has 0 aromatic rings. The zero-order valence-electron chi connectivity index (χ0n) is 3.29. The second kappa shape index (κ2) is 17.3. The van der Waals surface area contributed by atoms with E-state index in [1.54, 1.807) is 15.9 Å². The van der Waals surface area contributed by atoms with Crippen molar-refractivity contribution in [2.45, 2.75) is 0 Å². The Labute approximate surface area is 90.5 Å². The fourth-order valence-corrected chi connectivity index (χ4v) is 0. The van der Waals surface area contributed by atoms with Crippen LogP contribution in [-0.2, 0) is 19.8 Å². The average Bonchev–Trinajstić information content (AvgIpc) is 1.00. The number of rotatable bonds is 0. The first-order valence-corrected chi connectivity index (χ1v) is 0.636. The molecule has 0 N–H and O–H groups in total. The standard InChI is InChI=1S/Ce.Mn.Na.O.H/q;;+1;;-1. The monoisotopic (exact) mass is 235 g/mol. The molecule has 0 rings (SSSR count). The third kappa shape index (κ3) is 8.83. The molecule has 0 saturated carbocycles. The van der Waals surface area contributed by atoms with Crippen LogP contribution >= 0.6 is 0 Å². The summed E-state index contributed by atoms with van der Waals surface area (Å²) < 4.78 is 8.06. The first kappa shape index (κ1) is 15.9. The summed E-state index contributed by atoms with van der Waals surface area (Å²) in [6.45, 7) is 0. The summed E-state index contributed by atoms with van der Waals surface area (Å²) in [6.07, 6.45) is 0. The Morgan fingerprint density at radius 3 is 1.50 bits per heavy atom. The Kier molecular flexibility index (Phi) is 68.7. The van der Waals surface area contributed by atoms with Gasteiger partial charge in [0.1, 0.15) is 0 Å². The van der Waals surface area contributed by atoms with E-state index in [1.807, 2.05) is 0 Å². The molecule has 1 nitrogen and oxygen atoms in total. The van der Waals surface area contributed by atoms with Crippen LogP contribution in [0, 0.1) is 41.7 Å². The Morgan fingerprint density at radius 2 is 1.50 bits per heavy atom. The van der Waals surface area contributed by atoms with Crippen LogP contribution in [0.15, 0.2) is 0 Å². The summed E-state index contributed by atoms with van der Waals surface area (Å²) in [7, 11) is 0. The van der Waals surface area contributed by atoms with E-state index in [-0.39, 0.29) is 72.7 Å². The van der Waals surface area contributed by atoms with Gasteiger partial charge >= 0.3 is 49.3 Å². The molecule has 0 bridgehead atoms. The zero-order chi connectivity index (χ0) is 2.00. The summed E-state index contributed by atoms with van der Waals surface area (Å²) in [5.74, 6) is 0. The van der Waals surface area contributed by atoms with Crippen LogP contribution < -0.4 is 29.6 Å². The molecule has 4 heavy (non-hydrogen) atoms. The summed E-state index contributed by atoms with van der Waals surface area (Å²) in [5, 5.41) is 0. The van der Waals surface area contributed by atoms with Crippen LogP contribution in [0.4, 0.5) is 0 Å². The first-order chi connectivity index (χ1) is 1.00. The first-order valence-electron chi connectivity index (χ1n) is 0.154. The van der Waals surface area contributed by atoms with E-state index in [0.717, 1.165) is 0 Å². The molecule has 0 radical (unpaired) electrons. The predicted molar refractivity (Wildman–Crippen MR) is 1.80 cm³/mol. The van der Waals surface area contributed by atoms with E-state index in [2.05, 4.69) is 0 Å². The molecule has 0 aliphatic heterocycles. The van der Waals surface area contributed by atoms with Gasteiger partial charge in [-0.25, -0.2) is 0 Å². The number of hydrogen-bond acceptors (Lipinski definition) is 1. The summed E-state index contributed by atoms with van der Waals surface area (Å²) in [5.41, 5.74) is 0. The normalized spacial score (nSPS) is 1.00. The van der Waals surface area contributed by atoms with Crippen molar-refractivity contribution in [3.63, 3.8) is 0 Å². The Bertz CT molecular complexity index is 11.6. The molecule has 0 spiro atoms. The fraction of sp³-hybridized carbons (Fsp3) is 0. The molecule has 0 aromatic heterocycles. The molecule has 0 amide bonds. The molecule has 0 heterocycles. The van der Waals surface area contributed by atoms with E-state index in [4.69, 9.17) is 3.83 Å². The van der Waals surface area contributed by atoms with Crippen molar-refractivity contribution in [3.05, 3.63) is 0 Å². The van der Waals surface area contributed by atoms with Gasteiger partial charge < -0.3 is 1.43 Å². The van der Waals surface area contributed by atoms with Gasteiger partial charge in [-0.05, 0) is 0 Å². The molecule has 0 unspecified atom stereocenters. The fourth-order valence-electron chi connectivity index (χ4n) is 0. The van der Waals surface area contributed by atoms with Crippen LogP contribution in [-0.4, -0.2) is 0 Å². The minimum atomic E-state index is 0. The van der Waals surface area contributed by atoms with Crippen molar-refractivity contribution in [2.24, 2.45) is 0 Å². The van der Waals surface area contributed by atoms with E-state index >= 15 is 0 Å². The van der Waals surface area contributed by atoms with Gasteiger partial charge in [0.15, 0.2) is 0 Å². The second-order valence-corrected chi connectivity index (χ2v) is 0. The van der Waals surface area contributed by atoms with Crippen LogP contribution in [0.1, 0.15) is 1.43 Å². The third-order valence-electron chi connectivity index (χ3n) is 0. The molecule has 0 aliphatic carbocycles. The van der Waals surface area contributed by atoms with Crippen molar-refractivity contribution in [3.8, 4) is 0 Å². The quantitative estimate of drug-likeness (QED) is 0.409. The molecular formula is HCeMnNaO. The summed E-state index contributed by atoms with van der Waals surface area (Å²) in [6, 6.07) is 0. The minimum absolute atomic E-state index is 0. The van der Waals surface area contributed by atoms with Gasteiger partial charge in [0.2, 0.25) is 0 Å². The molecule has 0 fully saturated rings. The summed E-state index contributed by atoms with van der Waals surface area (Å²) >= 11 is 1.69. The Hall–Kier alpha value is 2.70. The number of hydrogen-bond donors (Lipinski definition) is 0. The van der Waals surface area contributed by atoms with Crippen molar-refractivity contribution >= 4 is 0 Å². The van der Waals surface area contributed by atoms with Gasteiger partial charge in [-0.2, -0.15) is 0 Å². The van der Waals surface area contributed by atoms with E-state index in [9.17, 15) is 0 Å². The molecule has 19 valence electrons. The van der Waals surface area contributed by atoms with Crippen LogP contribution in [0.5, 0.6) is 0 Å². The Balaban J connectivity index is -0.00000000167. The van der Waals surface area contributed by atoms with Gasteiger partial charge in [0, 0.05) is 41.7 Å².